The molecule has 2 saturated heterocycles. The Kier molecular flexibility index (Phi) is 3.92. The van der Waals surface area contributed by atoms with Gasteiger partial charge in [0, 0.05) is 25.8 Å². The summed E-state index contributed by atoms with van der Waals surface area (Å²) in [5, 5.41) is 3.74. The first kappa shape index (κ1) is 12.9. The third-order valence-electron chi connectivity index (χ3n) is 4.88. The maximum absolute atomic E-state index is 6.04. The molecule has 0 aromatic heterocycles. The summed E-state index contributed by atoms with van der Waals surface area (Å²) in [7, 11) is 0. The van der Waals surface area contributed by atoms with Gasteiger partial charge in [-0.05, 0) is 57.3 Å². The smallest absolute Gasteiger partial charge is 0.0585 e. The van der Waals surface area contributed by atoms with Crippen LogP contribution in [0.5, 0.6) is 0 Å². The number of ether oxygens (including phenoxy) is 2. The zero-order chi connectivity index (χ0) is 12.4. The molecule has 3 aliphatic rings. The van der Waals surface area contributed by atoms with E-state index in [0.717, 1.165) is 19.3 Å². The SMILES string of the molecule is CC1CCC(CC2(CNC3CC3)CCOCC2)O1. The van der Waals surface area contributed by atoms with Gasteiger partial charge >= 0.3 is 0 Å². The van der Waals surface area contributed by atoms with E-state index in [-0.39, 0.29) is 0 Å². The highest BCUT2D eigenvalue weighted by atomic mass is 16.5. The molecule has 0 aromatic rings. The molecule has 0 amide bonds. The minimum absolute atomic E-state index is 0.440. The van der Waals surface area contributed by atoms with E-state index in [4.69, 9.17) is 9.47 Å². The van der Waals surface area contributed by atoms with E-state index >= 15 is 0 Å². The first-order chi connectivity index (χ1) is 8.76. The van der Waals surface area contributed by atoms with Crippen LogP contribution in [0.25, 0.3) is 0 Å². The van der Waals surface area contributed by atoms with Gasteiger partial charge in [0.1, 0.15) is 0 Å². The van der Waals surface area contributed by atoms with Crippen molar-refractivity contribution < 1.29 is 9.47 Å². The summed E-state index contributed by atoms with van der Waals surface area (Å²) in [4.78, 5) is 0. The van der Waals surface area contributed by atoms with Crippen LogP contribution < -0.4 is 5.32 Å². The van der Waals surface area contributed by atoms with Crippen LogP contribution in [-0.4, -0.2) is 38.0 Å². The van der Waals surface area contributed by atoms with Crippen LogP contribution in [0.3, 0.4) is 0 Å². The van der Waals surface area contributed by atoms with Crippen molar-refractivity contribution in [2.75, 3.05) is 19.8 Å². The van der Waals surface area contributed by atoms with Crippen LogP contribution in [-0.2, 0) is 9.47 Å². The van der Waals surface area contributed by atoms with Gasteiger partial charge in [-0.15, -0.1) is 0 Å². The Labute approximate surface area is 111 Å². The molecule has 3 heteroatoms. The first-order valence-corrected chi connectivity index (χ1v) is 7.72. The monoisotopic (exact) mass is 253 g/mol. The highest BCUT2D eigenvalue weighted by Gasteiger charge is 2.38. The molecule has 0 bridgehead atoms. The molecule has 18 heavy (non-hydrogen) atoms. The summed E-state index contributed by atoms with van der Waals surface area (Å²) >= 11 is 0. The molecule has 1 N–H and O–H groups in total. The molecule has 3 nitrogen and oxygen atoms in total. The molecule has 2 heterocycles. The molecule has 3 rings (SSSR count). The predicted molar refractivity (Wildman–Crippen MR) is 71.7 cm³/mol. The third kappa shape index (κ3) is 3.25. The van der Waals surface area contributed by atoms with Gasteiger partial charge in [-0.3, -0.25) is 0 Å². The second kappa shape index (κ2) is 5.48. The fourth-order valence-corrected chi connectivity index (χ4v) is 3.42. The fraction of sp³-hybridized carbons (Fsp3) is 1.00. The number of hydrogen-bond donors (Lipinski definition) is 1. The van der Waals surface area contributed by atoms with Crippen molar-refractivity contribution in [2.45, 2.75) is 70.1 Å². The van der Waals surface area contributed by atoms with Crippen LogP contribution >= 0.6 is 0 Å². The van der Waals surface area contributed by atoms with Crippen LogP contribution in [0.2, 0.25) is 0 Å². The summed E-state index contributed by atoms with van der Waals surface area (Å²) in [6.07, 6.45) is 9.89. The van der Waals surface area contributed by atoms with Gasteiger partial charge in [-0.1, -0.05) is 0 Å². The molecule has 1 aliphatic carbocycles. The zero-order valence-electron chi connectivity index (χ0n) is 11.6. The molecule has 2 aliphatic heterocycles. The Bertz CT molecular complexity index is 272. The number of rotatable bonds is 5. The van der Waals surface area contributed by atoms with Gasteiger partial charge in [-0.2, -0.15) is 0 Å². The average Bonchev–Trinajstić information content (AvgIpc) is 3.12. The van der Waals surface area contributed by atoms with Crippen molar-refractivity contribution in [3.8, 4) is 0 Å². The Morgan fingerprint density at radius 3 is 2.50 bits per heavy atom. The van der Waals surface area contributed by atoms with E-state index in [0.29, 0.717) is 17.6 Å². The second-order valence-electron chi connectivity index (χ2n) is 6.62. The molecule has 0 radical (unpaired) electrons. The highest BCUT2D eigenvalue weighted by molar-refractivity contribution is 4.91. The predicted octanol–water partition coefficient (Wildman–Crippen LogP) is 2.49. The molecular formula is C15H27NO2. The minimum Gasteiger partial charge on any atom is -0.381 e. The van der Waals surface area contributed by atoms with E-state index < -0.39 is 0 Å². The molecular weight excluding hydrogens is 226 g/mol. The molecule has 0 spiro atoms. The average molecular weight is 253 g/mol. The van der Waals surface area contributed by atoms with Gasteiger partial charge in [0.2, 0.25) is 0 Å². The largest absolute Gasteiger partial charge is 0.381 e. The lowest BCUT2D eigenvalue weighted by Crippen LogP contribution is -2.42. The van der Waals surface area contributed by atoms with Crippen LogP contribution in [0.15, 0.2) is 0 Å². The summed E-state index contributed by atoms with van der Waals surface area (Å²) < 4.78 is 11.6. The van der Waals surface area contributed by atoms with E-state index in [1.165, 1.54) is 51.5 Å². The molecule has 2 unspecified atom stereocenters. The fourth-order valence-electron chi connectivity index (χ4n) is 3.42. The van der Waals surface area contributed by atoms with E-state index in [2.05, 4.69) is 12.2 Å². The molecule has 3 fully saturated rings. The van der Waals surface area contributed by atoms with Crippen LogP contribution in [0, 0.1) is 5.41 Å². The van der Waals surface area contributed by atoms with Crippen LogP contribution in [0.4, 0.5) is 0 Å². The normalized spacial score (nSPS) is 35.8. The molecule has 104 valence electrons. The molecule has 0 aromatic carbocycles. The standard InChI is InChI=1S/C15H27NO2/c1-12-2-5-14(18-12)10-15(6-8-17-9-7-15)11-16-13-3-4-13/h12-14,16H,2-11H2,1H3. The zero-order valence-corrected chi connectivity index (χ0v) is 11.6. The van der Waals surface area contributed by atoms with E-state index in [1.54, 1.807) is 0 Å². The minimum atomic E-state index is 0.440. The summed E-state index contributed by atoms with van der Waals surface area (Å²) in [6.45, 7) is 5.26. The lowest BCUT2D eigenvalue weighted by Gasteiger charge is -2.39. The first-order valence-electron chi connectivity index (χ1n) is 7.72. The van der Waals surface area contributed by atoms with Crippen molar-refractivity contribution in [1.82, 2.24) is 5.32 Å². The van der Waals surface area contributed by atoms with Crippen molar-refractivity contribution in [1.29, 1.82) is 0 Å². The Hall–Kier alpha value is -0.120. The van der Waals surface area contributed by atoms with Crippen molar-refractivity contribution in [2.24, 2.45) is 5.41 Å². The Morgan fingerprint density at radius 2 is 1.89 bits per heavy atom. The van der Waals surface area contributed by atoms with Crippen molar-refractivity contribution in [3.05, 3.63) is 0 Å². The van der Waals surface area contributed by atoms with Gasteiger partial charge in [0.25, 0.3) is 0 Å². The summed E-state index contributed by atoms with van der Waals surface area (Å²) in [5.74, 6) is 0. The Balaban J connectivity index is 1.56. The maximum Gasteiger partial charge on any atom is 0.0585 e. The lowest BCUT2D eigenvalue weighted by molar-refractivity contribution is -0.0303. The van der Waals surface area contributed by atoms with Crippen molar-refractivity contribution >= 4 is 0 Å². The third-order valence-corrected chi connectivity index (χ3v) is 4.88. The maximum atomic E-state index is 6.04. The lowest BCUT2D eigenvalue weighted by atomic mass is 9.75. The number of nitrogens with one attached hydrogen (secondary N) is 1. The number of hydrogen-bond acceptors (Lipinski definition) is 3. The van der Waals surface area contributed by atoms with Gasteiger partial charge < -0.3 is 14.8 Å². The molecule has 1 saturated carbocycles. The van der Waals surface area contributed by atoms with Gasteiger partial charge in [0.05, 0.1) is 12.2 Å². The topological polar surface area (TPSA) is 30.5 Å². The van der Waals surface area contributed by atoms with Crippen LogP contribution in [0.1, 0.15) is 51.9 Å². The van der Waals surface area contributed by atoms with E-state index in [1.807, 2.05) is 0 Å². The second-order valence-corrected chi connectivity index (χ2v) is 6.62. The van der Waals surface area contributed by atoms with Gasteiger partial charge in [-0.25, -0.2) is 0 Å². The van der Waals surface area contributed by atoms with Gasteiger partial charge in [0.15, 0.2) is 0 Å². The Morgan fingerprint density at radius 1 is 1.11 bits per heavy atom. The van der Waals surface area contributed by atoms with E-state index in [9.17, 15) is 0 Å². The van der Waals surface area contributed by atoms with Crippen molar-refractivity contribution in [3.63, 3.8) is 0 Å². The summed E-state index contributed by atoms with van der Waals surface area (Å²) in [5.41, 5.74) is 0.440. The highest BCUT2D eigenvalue weighted by Crippen LogP contribution is 2.39. The quantitative estimate of drug-likeness (QED) is 0.816. The molecule has 2 atom stereocenters. The summed E-state index contributed by atoms with van der Waals surface area (Å²) in [6, 6.07) is 0.813.